The van der Waals surface area contributed by atoms with Crippen LogP contribution < -0.4 is 5.32 Å². The Bertz CT molecular complexity index is 304. The number of hydrogen-bond donors (Lipinski definition) is 1. The highest BCUT2D eigenvalue weighted by molar-refractivity contribution is 5.97. The van der Waals surface area contributed by atoms with Crippen LogP contribution in [0.5, 0.6) is 0 Å². The molecule has 1 unspecified atom stereocenters. The minimum atomic E-state index is -0.653. The van der Waals surface area contributed by atoms with E-state index in [0.717, 1.165) is 12.8 Å². The van der Waals surface area contributed by atoms with Gasteiger partial charge in [0, 0.05) is 6.54 Å². The molecule has 4 heteroatoms. The van der Waals surface area contributed by atoms with E-state index >= 15 is 0 Å². The third kappa shape index (κ3) is 3.24. The number of hydrogen-bond acceptors (Lipinski definition) is 2. The van der Waals surface area contributed by atoms with Crippen molar-refractivity contribution in [2.24, 2.45) is 0 Å². The zero-order valence-corrected chi connectivity index (χ0v) is 11.9. The second kappa shape index (κ2) is 6.76. The maximum Gasteiger partial charge on any atom is 0.246 e. The number of nitrogens with one attached hydrogen (secondary N) is 1. The van der Waals surface area contributed by atoms with Crippen LogP contribution in [0.4, 0.5) is 0 Å². The van der Waals surface area contributed by atoms with Crippen molar-refractivity contribution in [3.63, 3.8) is 0 Å². The van der Waals surface area contributed by atoms with Crippen LogP contribution in [0.2, 0.25) is 0 Å². The number of unbranched alkanes of at least 4 members (excludes halogenated alkanes) is 4. The van der Waals surface area contributed by atoms with Crippen molar-refractivity contribution in [2.75, 3.05) is 13.1 Å². The lowest BCUT2D eigenvalue weighted by atomic mass is 9.92. The first-order valence-electron chi connectivity index (χ1n) is 7.15. The molecule has 1 aliphatic heterocycles. The summed E-state index contributed by atoms with van der Waals surface area (Å²) < 4.78 is 0. The van der Waals surface area contributed by atoms with Crippen LogP contribution in [0.25, 0.3) is 0 Å². The van der Waals surface area contributed by atoms with E-state index in [2.05, 4.69) is 12.2 Å². The molecule has 0 aromatic carbocycles. The largest absolute Gasteiger partial charge is 0.345 e. The molecule has 0 radical (unpaired) electrons. The number of amides is 2. The van der Waals surface area contributed by atoms with Gasteiger partial charge in [-0.3, -0.25) is 9.59 Å². The van der Waals surface area contributed by atoms with Gasteiger partial charge in [-0.25, -0.2) is 0 Å². The van der Waals surface area contributed by atoms with E-state index in [-0.39, 0.29) is 18.4 Å². The Kier molecular flexibility index (Phi) is 5.63. The maximum absolute atomic E-state index is 11.9. The van der Waals surface area contributed by atoms with Gasteiger partial charge < -0.3 is 10.2 Å². The van der Waals surface area contributed by atoms with E-state index in [1.54, 1.807) is 4.90 Å². The first kappa shape index (κ1) is 15.0. The fourth-order valence-electron chi connectivity index (χ4n) is 2.44. The number of piperazine rings is 1. The minimum absolute atomic E-state index is 0.0156. The summed E-state index contributed by atoms with van der Waals surface area (Å²) in [4.78, 5) is 25.7. The van der Waals surface area contributed by atoms with Gasteiger partial charge in [0.25, 0.3) is 0 Å². The van der Waals surface area contributed by atoms with E-state index < -0.39 is 5.54 Å². The molecule has 1 N–H and O–H groups in total. The predicted molar refractivity (Wildman–Crippen MR) is 72.2 cm³/mol. The highest BCUT2D eigenvalue weighted by Crippen LogP contribution is 2.23. The fraction of sp³-hybridized carbons (Fsp3) is 0.857. The zero-order chi connectivity index (χ0) is 13.6. The topological polar surface area (TPSA) is 49.4 Å². The van der Waals surface area contributed by atoms with Crippen molar-refractivity contribution in [1.29, 1.82) is 0 Å². The van der Waals surface area contributed by atoms with Gasteiger partial charge in [-0.1, -0.05) is 39.5 Å². The Hall–Kier alpha value is -1.06. The molecule has 4 nitrogen and oxygen atoms in total. The van der Waals surface area contributed by atoms with Gasteiger partial charge in [0.1, 0.15) is 5.54 Å². The van der Waals surface area contributed by atoms with E-state index in [1.807, 2.05) is 13.8 Å². The lowest BCUT2D eigenvalue weighted by Crippen LogP contribution is -2.65. The molecule has 18 heavy (non-hydrogen) atoms. The molecule has 1 heterocycles. The fourth-order valence-corrected chi connectivity index (χ4v) is 2.44. The first-order valence-corrected chi connectivity index (χ1v) is 7.15. The van der Waals surface area contributed by atoms with Crippen LogP contribution in [0.1, 0.15) is 59.3 Å². The SMILES string of the molecule is CCCCCCCN1C(=O)CNC(=O)C1(C)CC. The molecule has 0 aromatic heterocycles. The summed E-state index contributed by atoms with van der Waals surface area (Å²) in [5.41, 5.74) is -0.653. The van der Waals surface area contributed by atoms with Crippen LogP contribution >= 0.6 is 0 Å². The Morgan fingerprint density at radius 2 is 1.83 bits per heavy atom. The van der Waals surface area contributed by atoms with E-state index in [4.69, 9.17) is 0 Å². The standard InChI is InChI=1S/C14H26N2O2/c1-4-6-7-8-9-10-16-12(17)11-15-13(18)14(16,3)5-2/h4-11H2,1-3H3,(H,15,18). The Balaban J connectivity index is 2.53. The van der Waals surface area contributed by atoms with Crippen molar-refractivity contribution < 1.29 is 9.59 Å². The quantitative estimate of drug-likeness (QED) is 0.707. The highest BCUT2D eigenvalue weighted by atomic mass is 16.2. The average Bonchev–Trinajstić information content (AvgIpc) is 2.37. The second-order valence-corrected chi connectivity index (χ2v) is 5.27. The molecule has 1 rings (SSSR count). The molecule has 1 aliphatic rings. The monoisotopic (exact) mass is 254 g/mol. The molecule has 104 valence electrons. The third-order valence-corrected chi connectivity index (χ3v) is 3.96. The summed E-state index contributed by atoms with van der Waals surface area (Å²) in [5, 5.41) is 2.68. The summed E-state index contributed by atoms with van der Waals surface area (Å²) >= 11 is 0. The van der Waals surface area contributed by atoms with E-state index in [9.17, 15) is 9.59 Å². The highest BCUT2D eigenvalue weighted by Gasteiger charge is 2.43. The molecule has 0 saturated carbocycles. The molecular weight excluding hydrogens is 228 g/mol. The van der Waals surface area contributed by atoms with Crippen molar-refractivity contribution in [3.05, 3.63) is 0 Å². The molecule has 1 saturated heterocycles. The van der Waals surface area contributed by atoms with Gasteiger partial charge in [-0.05, 0) is 19.8 Å². The molecule has 0 spiro atoms. The van der Waals surface area contributed by atoms with Gasteiger partial charge in [-0.15, -0.1) is 0 Å². The Morgan fingerprint density at radius 3 is 2.44 bits per heavy atom. The van der Waals surface area contributed by atoms with Crippen LogP contribution in [-0.2, 0) is 9.59 Å². The summed E-state index contributed by atoms with van der Waals surface area (Å²) in [6.07, 6.45) is 6.48. The smallest absolute Gasteiger partial charge is 0.246 e. The molecule has 0 aromatic rings. The summed E-state index contributed by atoms with van der Waals surface area (Å²) in [6, 6.07) is 0. The molecule has 1 atom stereocenters. The van der Waals surface area contributed by atoms with Crippen LogP contribution in [-0.4, -0.2) is 35.3 Å². The van der Waals surface area contributed by atoms with Crippen LogP contribution in [0.15, 0.2) is 0 Å². The van der Waals surface area contributed by atoms with Crippen molar-refractivity contribution in [1.82, 2.24) is 10.2 Å². The molecule has 0 aliphatic carbocycles. The second-order valence-electron chi connectivity index (χ2n) is 5.27. The first-order chi connectivity index (χ1) is 8.56. The number of carbonyl (C=O) groups excluding carboxylic acids is 2. The van der Waals surface area contributed by atoms with E-state index in [0.29, 0.717) is 13.0 Å². The van der Waals surface area contributed by atoms with Crippen LogP contribution in [0, 0.1) is 0 Å². The van der Waals surface area contributed by atoms with Crippen molar-refractivity contribution in [3.8, 4) is 0 Å². The number of carbonyl (C=O) groups is 2. The number of rotatable bonds is 7. The third-order valence-electron chi connectivity index (χ3n) is 3.96. The molecular formula is C14H26N2O2. The molecule has 0 bridgehead atoms. The lowest BCUT2D eigenvalue weighted by molar-refractivity contribution is -0.152. The Morgan fingerprint density at radius 1 is 1.17 bits per heavy atom. The van der Waals surface area contributed by atoms with Gasteiger partial charge in [-0.2, -0.15) is 0 Å². The van der Waals surface area contributed by atoms with Gasteiger partial charge in [0.05, 0.1) is 6.54 Å². The number of nitrogens with zero attached hydrogens (tertiary/aromatic N) is 1. The Labute approximate surface area is 110 Å². The van der Waals surface area contributed by atoms with Gasteiger partial charge in [0.15, 0.2) is 0 Å². The van der Waals surface area contributed by atoms with E-state index in [1.165, 1.54) is 19.3 Å². The summed E-state index contributed by atoms with van der Waals surface area (Å²) in [5.74, 6) is 0.0348. The lowest BCUT2D eigenvalue weighted by Gasteiger charge is -2.43. The summed E-state index contributed by atoms with van der Waals surface area (Å²) in [7, 11) is 0. The predicted octanol–water partition coefficient (Wildman–Crippen LogP) is 2.08. The van der Waals surface area contributed by atoms with Crippen LogP contribution in [0.3, 0.4) is 0 Å². The van der Waals surface area contributed by atoms with Crippen molar-refractivity contribution >= 4 is 11.8 Å². The minimum Gasteiger partial charge on any atom is -0.345 e. The molecule has 2 amide bonds. The van der Waals surface area contributed by atoms with Crippen molar-refractivity contribution in [2.45, 2.75) is 64.8 Å². The zero-order valence-electron chi connectivity index (χ0n) is 11.9. The van der Waals surface area contributed by atoms with Gasteiger partial charge >= 0.3 is 0 Å². The summed E-state index contributed by atoms with van der Waals surface area (Å²) in [6.45, 7) is 6.88. The average molecular weight is 254 g/mol. The molecule has 1 fully saturated rings. The normalized spacial score (nSPS) is 24.3. The van der Waals surface area contributed by atoms with Gasteiger partial charge in [0.2, 0.25) is 11.8 Å². The maximum atomic E-state index is 11.9.